The summed E-state index contributed by atoms with van der Waals surface area (Å²) in [6.45, 7) is 3.12. The zero-order chi connectivity index (χ0) is 12.6. The fraction of sp³-hybridized carbons (Fsp3) is 0.417. The molecule has 17 heavy (non-hydrogen) atoms. The van der Waals surface area contributed by atoms with Crippen LogP contribution in [0.3, 0.4) is 0 Å². The fourth-order valence-corrected chi connectivity index (χ4v) is 2.36. The molecule has 1 aliphatic rings. The molecule has 0 bridgehead atoms. The first-order valence-corrected chi connectivity index (χ1v) is 6.20. The molecule has 92 valence electrons. The van der Waals surface area contributed by atoms with Crippen LogP contribution in [0.2, 0.25) is 0 Å². The van der Waals surface area contributed by atoms with E-state index in [0.29, 0.717) is 17.6 Å². The number of hydrogen-bond donors (Lipinski definition) is 1. The van der Waals surface area contributed by atoms with Crippen LogP contribution in [0.1, 0.15) is 18.5 Å². The van der Waals surface area contributed by atoms with Gasteiger partial charge in [0.25, 0.3) is 0 Å². The summed E-state index contributed by atoms with van der Waals surface area (Å²) >= 11 is 3.15. The molecule has 1 aliphatic heterocycles. The van der Waals surface area contributed by atoms with Crippen molar-refractivity contribution in [3.05, 3.63) is 34.1 Å². The van der Waals surface area contributed by atoms with Crippen molar-refractivity contribution in [2.45, 2.75) is 13.0 Å². The topological polar surface area (TPSA) is 40.5 Å². The third-order valence-electron chi connectivity index (χ3n) is 3.23. The van der Waals surface area contributed by atoms with Crippen LogP contribution in [0.15, 0.2) is 22.7 Å². The van der Waals surface area contributed by atoms with Crippen LogP contribution in [0, 0.1) is 11.7 Å². The van der Waals surface area contributed by atoms with E-state index in [4.69, 9.17) is 5.11 Å². The number of carbonyl (C=O) groups is 1. The lowest BCUT2D eigenvalue weighted by Crippen LogP contribution is -2.51. The Balaban J connectivity index is 2.03. The minimum absolute atomic E-state index is 0.113. The van der Waals surface area contributed by atoms with Gasteiger partial charge in [-0.05, 0) is 40.5 Å². The average molecular weight is 302 g/mol. The highest BCUT2D eigenvalue weighted by Gasteiger charge is 2.35. The monoisotopic (exact) mass is 301 g/mol. The molecule has 1 aromatic rings. The van der Waals surface area contributed by atoms with Gasteiger partial charge in [0.05, 0.1) is 10.4 Å². The maximum absolute atomic E-state index is 13.1. The first kappa shape index (κ1) is 12.5. The highest BCUT2D eigenvalue weighted by atomic mass is 79.9. The van der Waals surface area contributed by atoms with Crippen molar-refractivity contribution < 1.29 is 14.3 Å². The third-order valence-corrected chi connectivity index (χ3v) is 3.84. The molecule has 1 atom stereocenters. The Morgan fingerprint density at radius 2 is 2.24 bits per heavy atom. The van der Waals surface area contributed by atoms with E-state index in [1.54, 1.807) is 12.1 Å². The second kappa shape index (κ2) is 4.74. The first-order chi connectivity index (χ1) is 7.99. The Kier molecular flexibility index (Phi) is 3.49. The van der Waals surface area contributed by atoms with Crippen molar-refractivity contribution in [2.75, 3.05) is 13.1 Å². The van der Waals surface area contributed by atoms with Gasteiger partial charge in [0.15, 0.2) is 0 Å². The van der Waals surface area contributed by atoms with Gasteiger partial charge in [-0.25, -0.2) is 4.39 Å². The van der Waals surface area contributed by atoms with Crippen LogP contribution in [0.5, 0.6) is 0 Å². The molecule has 1 saturated heterocycles. The number of halogens is 2. The fourth-order valence-electron chi connectivity index (χ4n) is 1.97. The Hall–Kier alpha value is -0.940. The van der Waals surface area contributed by atoms with E-state index in [9.17, 15) is 9.18 Å². The van der Waals surface area contributed by atoms with Crippen LogP contribution in [-0.2, 0) is 4.79 Å². The number of hydrogen-bond acceptors (Lipinski definition) is 2. The number of carboxylic acid groups (broad SMARTS) is 1. The summed E-state index contributed by atoms with van der Waals surface area (Å²) in [6, 6.07) is 5.01. The summed E-state index contributed by atoms with van der Waals surface area (Å²) in [4.78, 5) is 12.8. The Morgan fingerprint density at radius 3 is 2.76 bits per heavy atom. The quantitative estimate of drug-likeness (QED) is 0.933. The minimum atomic E-state index is -0.742. The highest BCUT2D eigenvalue weighted by molar-refractivity contribution is 9.10. The van der Waals surface area contributed by atoms with Gasteiger partial charge in [0.2, 0.25) is 0 Å². The normalized spacial score (nSPS) is 18.8. The zero-order valence-electron chi connectivity index (χ0n) is 9.36. The highest BCUT2D eigenvalue weighted by Crippen LogP contribution is 2.30. The van der Waals surface area contributed by atoms with E-state index in [0.717, 1.165) is 5.56 Å². The predicted octanol–water partition coefficient (Wildman–Crippen LogP) is 2.67. The predicted molar refractivity (Wildman–Crippen MR) is 65.2 cm³/mol. The van der Waals surface area contributed by atoms with Crippen molar-refractivity contribution >= 4 is 21.9 Å². The van der Waals surface area contributed by atoms with Crippen LogP contribution in [0.4, 0.5) is 4.39 Å². The van der Waals surface area contributed by atoms with Crippen LogP contribution >= 0.6 is 15.9 Å². The Bertz CT molecular complexity index is 446. The van der Waals surface area contributed by atoms with E-state index in [2.05, 4.69) is 20.8 Å². The molecule has 0 saturated carbocycles. The van der Waals surface area contributed by atoms with Crippen molar-refractivity contribution in [3.8, 4) is 0 Å². The molecule has 0 amide bonds. The lowest BCUT2D eigenvalue weighted by molar-refractivity contribution is -0.148. The molecule has 1 aromatic carbocycles. The number of likely N-dealkylation sites (tertiary alicyclic amines) is 1. The molecule has 0 aliphatic carbocycles. The van der Waals surface area contributed by atoms with Gasteiger partial charge in [0.1, 0.15) is 5.82 Å². The Labute approximate surface area is 107 Å². The summed E-state index contributed by atoms with van der Waals surface area (Å²) < 4.78 is 13.5. The average Bonchev–Trinajstić information content (AvgIpc) is 2.19. The molecule has 0 aromatic heterocycles. The minimum Gasteiger partial charge on any atom is -0.481 e. The number of carboxylic acids is 1. The van der Waals surface area contributed by atoms with E-state index in [-0.39, 0.29) is 17.8 Å². The Morgan fingerprint density at radius 1 is 1.59 bits per heavy atom. The van der Waals surface area contributed by atoms with Gasteiger partial charge in [-0.2, -0.15) is 0 Å². The largest absolute Gasteiger partial charge is 0.481 e. The third kappa shape index (κ3) is 2.50. The zero-order valence-corrected chi connectivity index (χ0v) is 10.9. The van der Waals surface area contributed by atoms with Gasteiger partial charge in [-0.15, -0.1) is 0 Å². The van der Waals surface area contributed by atoms with E-state index in [1.165, 1.54) is 6.07 Å². The number of aliphatic carboxylic acids is 1. The summed E-state index contributed by atoms with van der Waals surface area (Å²) in [7, 11) is 0. The summed E-state index contributed by atoms with van der Waals surface area (Å²) in [5.41, 5.74) is 0.988. The molecular weight excluding hydrogens is 289 g/mol. The van der Waals surface area contributed by atoms with Crippen molar-refractivity contribution in [3.63, 3.8) is 0 Å². The second-order valence-corrected chi connectivity index (χ2v) is 5.19. The maximum atomic E-state index is 13.1. The van der Waals surface area contributed by atoms with Gasteiger partial charge < -0.3 is 5.11 Å². The number of nitrogens with zero attached hydrogens (tertiary/aromatic N) is 1. The molecule has 0 spiro atoms. The lowest BCUT2D eigenvalue weighted by atomic mass is 9.95. The molecule has 1 heterocycles. The molecule has 1 N–H and O–H groups in total. The molecule has 3 nitrogen and oxygen atoms in total. The first-order valence-electron chi connectivity index (χ1n) is 5.41. The summed E-state index contributed by atoms with van der Waals surface area (Å²) in [5, 5.41) is 8.80. The van der Waals surface area contributed by atoms with Gasteiger partial charge in [0, 0.05) is 19.1 Å². The standard InChI is InChI=1S/C12H13BrFNO2/c1-7(15-5-9(6-15)12(16)17)8-2-3-11(14)10(13)4-8/h2-4,7,9H,5-6H2,1H3,(H,16,17). The molecule has 2 rings (SSSR count). The van der Waals surface area contributed by atoms with E-state index < -0.39 is 5.97 Å². The van der Waals surface area contributed by atoms with Crippen LogP contribution < -0.4 is 0 Å². The van der Waals surface area contributed by atoms with Crippen molar-refractivity contribution in [1.29, 1.82) is 0 Å². The smallest absolute Gasteiger partial charge is 0.309 e. The molecule has 1 unspecified atom stereocenters. The SMILES string of the molecule is CC(c1ccc(F)c(Br)c1)N1CC(C(=O)O)C1. The lowest BCUT2D eigenvalue weighted by Gasteiger charge is -2.41. The second-order valence-electron chi connectivity index (χ2n) is 4.34. The summed E-state index contributed by atoms with van der Waals surface area (Å²) in [6.07, 6.45) is 0. The van der Waals surface area contributed by atoms with Crippen molar-refractivity contribution in [2.24, 2.45) is 5.92 Å². The van der Waals surface area contributed by atoms with Crippen molar-refractivity contribution in [1.82, 2.24) is 4.90 Å². The van der Waals surface area contributed by atoms with Gasteiger partial charge in [-0.1, -0.05) is 6.07 Å². The van der Waals surface area contributed by atoms with E-state index in [1.807, 2.05) is 6.92 Å². The van der Waals surface area contributed by atoms with Gasteiger partial charge in [-0.3, -0.25) is 9.69 Å². The number of benzene rings is 1. The van der Waals surface area contributed by atoms with Gasteiger partial charge >= 0.3 is 5.97 Å². The van der Waals surface area contributed by atoms with E-state index >= 15 is 0 Å². The maximum Gasteiger partial charge on any atom is 0.309 e. The molecule has 1 fully saturated rings. The van der Waals surface area contributed by atoms with Crippen LogP contribution in [0.25, 0.3) is 0 Å². The molecular formula is C12H13BrFNO2. The summed E-state index contributed by atoms with van der Waals surface area (Å²) in [5.74, 6) is -1.29. The number of rotatable bonds is 3. The molecule has 5 heteroatoms. The molecule has 0 radical (unpaired) electrons. The van der Waals surface area contributed by atoms with Crippen LogP contribution in [-0.4, -0.2) is 29.1 Å².